The smallest absolute Gasteiger partial charge is 0.257 e. The minimum atomic E-state index is -0.546. The molecule has 3 heterocycles. The van der Waals surface area contributed by atoms with Crippen LogP contribution in [0.2, 0.25) is 0 Å². The number of piperazine rings is 1. The van der Waals surface area contributed by atoms with Crippen LogP contribution in [-0.4, -0.2) is 77.6 Å². The monoisotopic (exact) mass is 507 g/mol. The molecule has 188 valence electrons. The molecule has 1 atom stereocenters. The van der Waals surface area contributed by atoms with Gasteiger partial charge in [0, 0.05) is 50.6 Å². The SMILES string of the molecule is COc1cc2nc(=S)n3c(c2cc1OC)N[C@@H](CCC(=O)N1CCN(Cc2ccccc2)CC1)C3=O. The molecule has 3 aromatic rings. The number of anilines is 1. The molecule has 0 aliphatic carbocycles. The lowest BCUT2D eigenvalue weighted by molar-refractivity contribution is -0.133. The van der Waals surface area contributed by atoms with Gasteiger partial charge in [0.15, 0.2) is 11.5 Å². The predicted octanol–water partition coefficient (Wildman–Crippen LogP) is 3.34. The molecule has 1 N–H and O–H groups in total. The zero-order valence-corrected chi connectivity index (χ0v) is 21.2. The molecule has 5 rings (SSSR count). The van der Waals surface area contributed by atoms with Gasteiger partial charge in [0.25, 0.3) is 5.91 Å². The van der Waals surface area contributed by atoms with E-state index < -0.39 is 6.04 Å². The van der Waals surface area contributed by atoms with Crippen molar-refractivity contribution in [2.24, 2.45) is 0 Å². The maximum Gasteiger partial charge on any atom is 0.257 e. The molecule has 1 amide bonds. The third kappa shape index (κ3) is 4.66. The zero-order valence-electron chi connectivity index (χ0n) is 20.4. The second-order valence-electron chi connectivity index (χ2n) is 9.02. The molecule has 2 aliphatic rings. The fraction of sp³-hybridized carbons (Fsp3) is 0.385. The fourth-order valence-electron chi connectivity index (χ4n) is 4.87. The van der Waals surface area contributed by atoms with Gasteiger partial charge < -0.3 is 19.7 Å². The maximum atomic E-state index is 13.2. The molecular formula is C26H29N5O4S. The molecule has 0 radical (unpaired) electrons. The van der Waals surface area contributed by atoms with Crippen molar-refractivity contribution < 1.29 is 19.1 Å². The summed E-state index contributed by atoms with van der Waals surface area (Å²) in [6.07, 6.45) is 0.666. The predicted molar refractivity (Wildman–Crippen MR) is 139 cm³/mol. The molecule has 9 nitrogen and oxygen atoms in total. The number of nitrogens with one attached hydrogen (secondary N) is 1. The lowest BCUT2D eigenvalue weighted by Crippen LogP contribution is -2.48. The zero-order chi connectivity index (χ0) is 25.2. The molecule has 2 aliphatic heterocycles. The summed E-state index contributed by atoms with van der Waals surface area (Å²) in [7, 11) is 3.11. The Morgan fingerprint density at radius 1 is 1.08 bits per heavy atom. The number of ether oxygens (including phenoxy) is 2. The first-order valence-corrected chi connectivity index (χ1v) is 12.4. The Kier molecular flexibility index (Phi) is 6.88. The number of nitrogens with zero attached hydrogens (tertiary/aromatic N) is 4. The Labute approximate surface area is 214 Å². The minimum Gasteiger partial charge on any atom is -0.493 e. The van der Waals surface area contributed by atoms with E-state index in [0.29, 0.717) is 47.7 Å². The third-order valence-electron chi connectivity index (χ3n) is 6.84. The topological polar surface area (TPSA) is 88.9 Å². The van der Waals surface area contributed by atoms with Crippen molar-refractivity contribution in [3.8, 4) is 11.5 Å². The highest BCUT2D eigenvalue weighted by Gasteiger charge is 2.33. The number of amides is 1. The van der Waals surface area contributed by atoms with Crippen LogP contribution in [0, 0.1) is 4.77 Å². The van der Waals surface area contributed by atoms with Gasteiger partial charge in [0.05, 0.1) is 19.7 Å². The van der Waals surface area contributed by atoms with E-state index >= 15 is 0 Å². The number of carbonyl (C=O) groups excluding carboxylic acids is 2. The van der Waals surface area contributed by atoms with Crippen molar-refractivity contribution in [2.75, 3.05) is 45.7 Å². The number of benzene rings is 2. The molecule has 1 saturated heterocycles. The molecule has 36 heavy (non-hydrogen) atoms. The molecule has 1 aromatic heterocycles. The van der Waals surface area contributed by atoms with Crippen LogP contribution < -0.4 is 14.8 Å². The maximum absolute atomic E-state index is 13.2. The van der Waals surface area contributed by atoms with E-state index in [0.717, 1.165) is 19.6 Å². The van der Waals surface area contributed by atoms with Crippen LogP contribution in [0.25, 0.3) is 10.9 Å². The van der Waals surface area contributed by atoms with Crippen LogP contribution >= 0.6 is 12.2 Å². The third-order valence-corrected chi connectivity index (χ3v) is 7.11. The largest absolute Gasteiger partial charge is 0.493 e. The Hall–Kier alpha value is -3.50. The number of rotatable bonds is 7. The standard InChI is InChI=1S/C26H29N5O4S/c1-34-21-14-18-20(15-22(21)35-2)28-26(36)31-24(18)27-19(25(31)33)8-9-23(32)30-12-10-29(11-13-30)16-17-6-4-3-5-7-17/h3-7,14-15,19,27H,8-13,16H2,1-2H3/t19-/m0/s1. The van der Waals surface area contributed by atoms with Gasteiger partial charge >= 0.3 is 0 Å². The van der Waals surface area contributed by atoms with E-state index in [1.807, 2.05) is 23.1 Å². The van der Waals surface area contributed by atoms with E-state index in [-0.39, 0.29) is 23.0 Å². The average Bonchev–Trinajstić information content (AvgIpc) is 3.24. The molecule has 10 heteroatoms. The van der Waals surface area contributed by atoms with Crippen LogP contribution in [-0.2, 0) is 11.3 Å². The normalized spacial score (nSPS) is 17.7. The van der Waals surface area contributed by atoms with Gasteiger partial charge in [-0.25, -0.2) is 9.55 Å². The van der Waals surface area contributed by atoms with E-state index in [1.54, 1.807) is 26.4 Å². The van der Waals surface area contributed by atoms with Crippen molar-refractivity contribution in [1.29, 1.82) is 0 Å². The Morgan fingerprint density at radius 2 is 1.78 bits per heavy atom. The Balaban J connectivity index is 1.22. The van der Waals surface area contributed by atoms with Crippen LogP contribution in [0.5, 0.6) is 11.5 Å². The van der Waals surface area contributed by atoms with Crippen molar-refractivity contribution >= 4 is 40.8 Å². The highest BCUT2D eigenvalue weighted by atomic mass is 32.1. The van der Waals surface area contributed by atoms with Gasteiger partial charge in [-0.1, -0.05) is 30.3 Å². The summed E-state index contributed by atoms with van der Waals surface area (Å²) in [6, 6.07) is 13.3. The molecule has 2 aromatic carbocycles. The summed E-state index contributed by atoms with van der Waals surface area (Å²) >= 11 is 5.41. The van der Waals surface area contributed by atoms with Crippen LogP contribution in [0.15, 0.2) is 42.5 Å². The number of methoxy groups -OCH3 is 2. The molecular weight excluding hydrogens is 478 g/mol. The second kappa shape index (κ2) is 10.2. The van der Waals surface area contributed by atoms with Crippen molar-refractivity contribution in [1.82, 2.24) is 19.4 Å². The van der Waals surface area contributed by atoms with Gasteiger partial charge in [0.1, 0.15) is 11.9 Å². The highest BCUT2D eigenvalue weighted by molar-refractivity contribution is 7.71. The molecule has 1 fully saturated rings. The van der Waals surface area contributed by atoms with Crippen molar-refractivity contribution in [3.63, 3.8) is 0 Å². The number of hydrogen-bond acceptors (Lipinski definition) is 8. The van der Waals surface area contributed by atoms with Crippen LogP contribution in [0.1, 0.15) is 23.2 Å². The highest BCUT2D eigenvalue weighted by Crippen LogP contribution is 2.37. The van der Waals surface area contributed by atoms with Gasteiger partial charge in [-0.3, -0.25) is 14.5 Å². The first-order chi connectivity index (χ1) is 17.5. The lowest BCUT2D eigenvalue weighted by Gasteiger charge is -2.35. The summed E-state index contributed by atoms with van der Waals surface area (Å²) in [5.74, 6) is 1.51. The molecule has 0 bridgehead atoms. The van der Waals surface area contributed by atoms with Gasteiger partial charge in [0.2, 0.25) is 10.7 Å². The molecule has 0 saturated carbocycles. The number of aromatic nitrogens is 2. The van der Waals surface area contributed by atoms with Gasteiger partial charge in [-0.05, 0) is 30.3 Å². The van der Waals surface area contributed by atoms with Crippen LogP contribution in [0.4, 0.5) is 5.82 Å². The second-order valence-corrected chi connectivity index (χ2v) is 9.38. The summed E-state index contributed by atoms with van der Waals surface area (Å²) in [5.41, 5.74) is 1.88. The first kappa shape index (κ1) is 24.2. The summed E-state index contributed by atoms with van der Waals surface area (Å²) in [4.78, 5) is 34.8. The van der Waals surface area contributed by atoms with E-state index in [2.05, 4.69) is 27.3 Å². The lowest BCUT2D eigenvalue weighted by atomic mass is 10.1. The van der Waals surface area contributed by atoms with Gasteiger partial charge in [-0.15, -0.1) is 0 Å². The van der Waals surface area contributed by atoms with E-state index in [4.69, 9.17) is 21.7 Å². The quantitative estimate of drug-likeness (QED) is 0.487. The van der Waals surface area contributed by atoms with Crippen LogP contribution in [0.3, 0.4) is 0 Å². The number of carbonyl (C=O) groups is 2. The van der Waals surface area contributed by atoms with Crippen molar-refractivity contribution in [3.05, 3.63) is 52.8 Å². The average molecular weight is 508 g/mol. The summed E-state index contributed by atoms with van der Waals surface area (Å²) in [5, 5.41) is 3.99. The number of fused-ring (bicyclic) bond motifs is 3. The molecule has 0 unspecified atom stereocenters. The minimum absolute atomic E-state index is 0.0675. The van der Waals surface area contributed by atoms with Crippen molar-refractivity contribution in [2.45, 2.75) is 25.4 Å². The summed E-state index contributed by atoms with van der Waals surface area (Å²) < 4.78 is 12.4. The Bertz CT molecular complexity index is 1350. The first-order valence-electron chi connectivity index (χ1n) is 12.0. The molecule has 0 spiro atoms. The number of hydrogen-bond donors (Lipinski definition) is 1. The fourth-order valence-corrected chi connectivity index (χ4v) is 5.15. The van der Waals surface area contributed by atoms with E-state index in [1.165, 1.54) is 10.1 Å². The van der Waals surface area contributed by atoms with E-state index in [9.17, 15) is 9.59 Å². The summed E-state index contributed by atoms with van der Waals surface area (Å²) in [6.45, 7) is 3.95. The van der Waals surface area contributed by atoms with Gasteiger partial charge in [-0.2, -0.15) is 0 Å². The Morgan fingerprint density at radius 3 is 2.47 bits per heavy atom.